The number of rotatable bonds is 14. The Morgan fingerprint density at radius 2 is 1.15 bits per heavy atom. The lowest BCUT2D eigenvalue weighted by Gasteiger charge is -2.12. The molecule has 2 aromatic carbocycles. The number of hydrogen-bond donors (Lipinski definition) is 0. The van der Waals surface area contributed by atoms with Gasteiger partial charge in [-0.05, 0) is 48.9 Å². The minimum atomic E-state index is 0.237. The zero-order chi connectivity index (χ0) is 22.6. The van der Waals surface area contributed by atoms with Crippen LogP contribution in [0.1, 0.15) is 63.5 Å². The van der Waals surface area contributed by atoms with Crippen molar-refractivity contribution in [3.8, 4) is 11.5 Å². The maximum Gasteiger partial charge on any atom is 0.139 e. The van der Waals surface area contributed by atoms with Gasteiger partial charge >= 0.3 is 0 Å². The first-order valence-corrected chi connectivity index (χ1v) is 12.8. The molecule has 2 saturated heterocycles. The van der Waals surface area contributed by atoms with E-state index in [0.29, 0.717) is 13.2 Å². The van der Waals surface area contributed by atoms with E-state index in [4.69, 9.17) is 23.4 Å². The van der Waals surface area contributed by atoms with Gasteiger partial charge in [-0.25, -0.2) is 0 Å². The van der Waals surface area contributed by atoms with Crippen LogP contribution in [0.5, 0.6) is 11.5 Å². The Hall–Kier alpha value is -2.24. The van der Waals surface area contributed by atoms with Crippen LogP contribution in [0.15, 0.2) is 28.7 Å². The fourth-order valence-electron chi connectivity index (χ4n) is 4.40. The summed E-state index contributed by atoms with van der Waals surface area (Å²) in [7, 11) is 0. The summed E-state index contributed by atoms with van der Waals surface area (Å²) in [6.07, 6.45) is 9.70. The molecule has 178 valence electrons. The zero-order valence-electron chi connectivity index (χ0n) is 20.0. The van der Waals surface area contributed by atoms with Crippen LogP contribution in [0, 0.1) is 0 Å². The zero-order valence-corrected chi connectivity index (χ0v) is 20.0. The van der Waals surface area contributed by atoms with E-state index >= 15 is 0 Å². The van der Waals surface area contributed by atoms with E-state index in [9.17, 15) is 0 Å². The highest BCUT2D eigenvalue weighted by Crippen LogP contribution is 2.38. The molecule has 0 saturated carbocycles. The smallest absolute Gasteiger partial charge is 0.139 e. The van der Waals surface area contributed by atoms with Crippen molar-refractivity contribution >= 4 is 21.9 Å². The summed E-state index contributed by atoms with van der Waals surface area (Å²) in [4.78, 5) is 0. The molecule has 5 rings (SSSR count). The average Bonchev–Trinajstić information content (AvgIpc) is 3.74. The first kappa shape index (κ1) is 22.5. The predicted octanol–water partition coefficient (Wildman–Crippen LogP) is 6.61. The fourth-order valence-corrected chi connectivity index (χ4v) is 4.40. The Bertz CT molecular complexity index is 993. The lowest BCUT2D eigenvalue weighted by atomic mass is 10.00. The van der Waals surface area contributed by atoms with Crippen LogP contribution >= 0.6 is 0 Å². The summed E-state index contributed by atoms with van der Waals surface area (Å²) >= 11 is 0. The van der Waals surface area contributed by atoms with Gasteiger partial charge in [0.25, 0.3) is 0 Å². The Kier molecular flexibility index (Phi) is 7.07. The first-order valence-electron chi connectivity index (χ1n) is 12.8. The fraction of sp³-hybridized carbons (Fsp3) is 0.571. The third-order valence-electron chi connectivity index (χ3n) is 6.59. The van der Waals surface area contributed by atoms with Gasteiger partial charge in [0.2, 0.25) is 0 Å². The number of hydrogen-bond acceptors (Lipinski definition) is 5. The Balaban J connectivity index is 1.50. The number of fused-ring (bicyclic) bond motifs is 3. The first-order chi connectivity index (χ1) is 16.2. The summed E-state index contributed by atoms with van der Waals surface area (Å²) in [6, 6.07) is 8.73. The number of unbranched alkanes of at least 4 members (excludes halogenated alkanes) is 4. The van der Waals surface area contributed by atoms with Crippen molar-refractivity contribution in [1.29, 1.82) is 0 Å². The number of furan rings is 1. The molecule has 2 unspecified atom stereocenters. The summed E-state index contributed by atoms with van der Waals surface area (Å²) in [5, 5.41) is 2.33. The van der Waals surface area contributed by atoms with E-state index in [0.717, 1.165) is 61.6 Å². The van der Waals surface area contributed by atoms with Crippen LogP contribution in [0.25, 0.3) is 21.9 Å². The SMILES string of the molecule is CCCCCc1cc2c(cc1OCC1CO1)oc1cc(OCC3CO3)c(CCCCC)cc12. The molecular weight excluding hydrogens is 416 g/mol. The van der Waals surface area contributed by atoms with Crippen molar-refractivity contribution < 1.29 is 23.4 Å². The highest BCUT2D eigenvalue weighted by Gasteiger charge is 2.25. The van der Waals surface area contributed by atoms with Gasteiger partial charge in [0.15, 0.2) is 0 Å². The van der Waals surface area contributed by atoms with Gasteiger partial charge in [0.05, 0.1) is 13.2 Å². The van der Waals surface area contributed by atoms with Crippen molar-refractivity contribution in [3.05, 3.63) is 35.4 Å². The maximum atomic E-state index is 6.32. The van der Waals surface area contributed by atoms with Gasteiger partial charge in [-0.2, -0.15) is 0 Å². The van der Waals surface area contributed by atoms with E-state index in [1.165, 1.54) is 47.6 Å². The standard InChI is InChI=1S/C28H36O5/c1-3-5-7-9-19-11-23-24-12-20(10-8-6-4-2)26(32-18-22-16-30-22)14-28(24)33-27(23)13-25(19)31-17-21-15-29-21/h11-14,21-22H,3-10,15-18H2,1-2H3. The van der Waals surface area contributed by atoms with E-state index in [2.05, 4.69) is 38.1 Å². The minimum Gasteiger partial charge on any atom is -0.490 e. The minimum absolute atomic E-state index is 0.237. The van der Waals surface area contributed by atoms with E-state index in [1.54, 1.807) is 0 Å². The number of epoxide rings is 2. The van der Waals surface area contributed by atoms with Gasteiger partial charge in [-0.15, -0.1) is 0 Å². The summed E-state index contributed by atoms with van der Waals surface area (Å²) < 4.78 is 29.3. The van der Waals surface area contributed by atoms with Gasteiger partial charge in [-0.1, -0.05) is 39.5 Å². The maximum absolute atomic E-state index is 6.32. The second-order valence-electron chi connectivity index (χ2n) is 9.46. The quantitative estimate of drug-likeness (QED) is 0.204. The van der Waals surface area contributed by atoms with Crippen LogP contribution in [0.4, 0.5) is 0 Å². The van der Waals surface area contributed by atoms with Gasteiger partial charge < -0.3 is 23.4 Å². The molecule has 0 bridgehead atoms. The molecular formula is C28H36O5. The largest absolute Gasteiger partial charge is 0.490 e. The summed E-state index contributed by atoms with van der Waals surface area (Å²) in [5.41, 5.74) is 4.27. The van der Waals surface area contributed by atoms with Crippen molar-refractivity contribution in [3.63, 3.8) is 0 Å². The summed E-state index contributed by atoms with van der Waals surface area (Å²) in [6.45, 7) is 7.29. The van der Waals surface area contributed by atoms with Crippen LogP contribution < -0.4 is 9.47 Å². The van der Waals surface area contributed by atoms with Crippen molar-refractivity contribution in [2.45, 2.75) is 77.4 Å². The molecule has 5 nitrogen and oxygen atoms in total. The second-order valence-corrected chi connectivity index (χ2v) is 9.46. The van der Waals surface area contributed by atoms with Gasteiger partial charge in [0, 0.05) is 22.9 Å². The number of ether oxygens (including phenoxy) is 4. The number of benzene rings is 2. The van der Waals surface area contributed by atoms with Crippen molar-refractivity contribution in [1.82, 2.24) is 0 Å². The molecule has 2 atom stereocenters. The van der Waals surface area contributed by atoms with Gasteiger partial charge in [0.1, 0.15) is 48.1 Å². The molecule has 0 amide bonds. The van der Waals surface area contributed by atoms with Crippen LogP contribution in [-0.4, -0.2) is 38.6 Å². The topological polar surface area (TPSA) is 56.7 Å². The summed E-state index contributed by atoms with van der Waals surface area (Å²) in [5.74, 6) is 1.86. The third-order valence-corrected chi connectivity index (χ3v) is 6.59. The monoisotopic (exact) mass is 452 g/mol. The molecule has 3 heterocycles. The van der Waals surface area contributed by atoms with E-state index < -0.39 is 0 Å². The van der Waals surface area contributed by atoms with Crippen LogP contribution in [0.3, 0.4) is 0 Å². The third kappa shape index (κ3) is 5.64. The normalized spacial score (nSPS) is 19.3. The molecule has 33 heavy (non-hydrogen) atoms. The van der Waals surface area contributed by atoms with Crippen LogP contribution in [0.2, 0.25) is 0 Å². The molecule has 2 fully saturated rings. The Morgan fingerprint density at radius 1 is 0.697 bits per heavy atom. The molecule has 0 aliphatic carbocycles. The molecule has 0 N–H and O–H groups in total. The highest BCUT2D eigenvalue weighted by atomic mass is 16.6. The van der Waals surface area contributed by atoms with Crippen molar-refractivity contribution in [2.75, 3.05) is 26.4 Å². The second kappa shape index (κ2) is 10.4. The van der Waals surface area contributed by atoms with E-state index in [-0.39, 0.29) is 12.2 Å². The lowest BCUT2D eigenvalue weighted by Crippen LogP contribution is -2.06. The number of aryl methyl sites for hydroxylation is 2. The molecule has 3 aromatic rings. The molecule has 5 heteroatoms. The van der Waals surface area contributed by atoms with Crippen LogP contribution in [-0.2, 0) is 22.3 Å². The average molecular weight is 453 g/mol. The molecule has 0 spiro atoms. The Labute approximate surface area is 196 Å². The van der Waals surface area contributed by atoms with E-state index in [1.807, 2.05) is 0 Å². The van der Waals surface area contributed by atoms with Crippen molar-refractivity contribution in [2.24, 2.45) is 0 Å². The van der Waals surface area contributed by atoms with Gasteiger partial charge in [-0.3, -0.25) is 0 Å². The molecule has 2 aliphatic heterocycles. The highest BCUT2D eigenvalue weighted by molar-refractivity contribution is 6.06. The molecule has 1 aromatic heterocycles. The molecule has 2 aliphatic rings. The predicted molar refractivity (Wildman–Crippen MR) is 131 cm³/mol. The molecule has 0 radical (unpaired) electrons. The lowest BCUT2D eigenvalue weighted by molar-refractivity contribution is 0.261. The Morgan fingerprint density at radius 3 is 1.55 bits per heavy atom.